The zero-order chi connectivity index (χ0) is 7.90. The maximum atomic E-state index is 5.90. The van der Waals surface area contributed by atoms with Crippen LogP contribution in [-0.4, -0.2) is 5.18 Å². The quantitative estimate of drug-likeness (QED) is 0.564. The van der Waals surface area contributed by atoms with Crippen molar-refractivity contribution in [2.45, 2.75) is 6.61 Å². The van der Waals surface area contributed by atoms with Crippen LogP contribution < -0.4 is 5.46 Å². The Hall–Kier alpha value is -0.175. The van der Waals surface area contributed by atoms with E-state index >= 15 is 0 Å². The fourth-order valence-corrected chi connectivity index (χ4v) is 1.83. The molecule has 4 heteroatoms. The van der Waals surface area contributed by atoms with E-state index in [4.69, 9.17) is 27.6 Å². The highest BCUT2D eigenvalue weighted by atomic mass is 35.5. The molecule has 1 aromatic rings. The Bertz CT molecular complexity index is 288. The molecule has 1 nitrogen and oxygen atoms in total. The minimum atomic E-state index is -1.75. The first-order valence-corrected chi connectivity index (χ1v) is 4.30. The van der Waals surface area contributed by atoms with Gasteiger partial charge in [-0.1, -0.05) is 29.8 Å². The molecular weight excluding hydrogens is 182 g/mol. The summed E-state index contributed by atoms with van der Waals surface area (Å²) in [5.41, 5.74) is 2.02. The highest BCUT2D eigenvalue weighted by Crippen LogP contribution is 2.25. The van der Waals surface area contributed by atoms with Crippen molar-refractivity contribution in [3.8, 4) is 0 Å². The van der Waals surface area contributed by atoms with E-state index in [2.05, 4.69) is 0 Å². The highest BCUT2D eigenvalue weighted by Gasteiger charge is 2.28. The molecule has 0 spiro atoms. The molecule has 1 aromatic carbocycles. The molecule has 1 heterocycles. The minimum Gasteiger partial charge on any atom is -0.559 e. The summed E-state index contributed by atoms with van der Waals surface area (Å²) in [6.07, 6.45) is 0. The molecule has 58 valence electrons. The molecule has 0 radical (unpaired) electrons. The van der Waals surface area contributed by atoms with Crippen molar-refractivity contribution in [1.82, 2.24) is 0 Å². The summed E-state index contributed by atoms with van der Waals surface area (Å²) in [4.78, 5) is 0. The maximum Gasteiger partial charge on any atom is 0.314 e. The maximum absolute atomic E-state index is 5.90. The Morgan fingerprint density at radius 2 is 2.00 bits per heavy atom. The predicted octanol–water partition coefficient (Wildman–Crippen LogP) is 1.84. The first-order valence-electron chi connectivity index (χ1n) is 3.43. The first kappa shape index (κ1) is 7.47. The van der Waals surface area contributed by atoms with Crippen molar-refractivity contribution in [1.29, 1.82) is 0 Å². The van der Waals surface area contributed by atoms with E-state index in [1.807, 2.05) is 24.3 Å². The molecule has 0 unspecified atom stereocenters. The summed E-state index contributed by atoms with van der Waals surface area (Å²) in [7, 11) is 0. The monoisotopic (exact) mass is 187 g/mol. The Labute approximate surface area is 75.0 Å². The van der Waals surface area contributed by atoms with Crippen LogP contribution in [0.2, 0.25) is 0 Å². The van der Waals surface area contributed by atoms with Crippen LogP contribution >= 0.6 is 22.9 Å². The Kier molecular flexibility index (Phi) is 1.64. The number of benzene rings is 1. The summed E-state index contributed by atoms with van der Waals surface area (Å²) >= 11 is 11.8. The van der Waals surface area contributed by atoms with E-state index in [9.17, 15) is 0 Å². The average molecular weight is 188 g/mol. The summed E-state index contributed by atoms with van der Waals surface area (Å²) in [5, 5.41) is -1.75. The van der Waals surface area contributed by atoms with Gasteiger partial charge in [0.05, 0.1) is 0 Å². The number of fused-ring (bicyclic) bond motifs is 1. The first-order chi connectivity index (χ1) is 5.20. The number of hydrogen-bond acceptors (Lipinski definition) is 1. The normalized spacial score (nSPS) is 19.8. The van der Waals surface area contributed by atoms with Crippen LogP contribution in [0.25, 0.3) is 0 Å². The van der Waals surface area contributed by atoms with E-state index in [1.54, 1.807) is 0 Å². The number of halogens is 2. The van der Waals surface area contributed by atoms with Gasteiger partial charge in [-0.15, -0.1) is 5.46 Å². The van der Waals surface area contributed by atoms with Crippen molar-refractivity contribution in [2.24, 2.45) is 0 Å². The fourth-order valence-electron chi connectivity index (χ4n) is 1.28. The van der Waals surface area contributed by atoms with Gasteiger partial charge in [0.2, 0.25) is 0 Å². The average Bonchev–Trinajstić information content (AvgIpc) is 2.29. The van der Waals surface area contributed by atoms with Crippen LogP contribution in [0.4, 0.5) is 0 Å². The number of rotatable bonds is 0. The third-order valence-corrected chi connectivity index (χ3v) is 2.59. The lowest BCUT2D eigenvalue weighted by Crippen LogP contribution is -2.34. The van der Waals surface area contributed by atoms with E-state index in [-0.39, 0.29) is 0 Å². The van der Waals surface area contributed by atoms with Gasteiger partial charge in [0.1, 0.15) is 0 Å². The van der Waals surface area contributed by atoms with Gasteiger partial charge in [-0.2, -0.15) is 0 Å². The molecule has 2 rings (SSSR count). The smallest absolute Gasteiger partial charge is 0.314 e. The van der Waals surface area contributed by atoms with Gasteiger partial charge in [-0.3, -0.25) is 0 Å². The van der Waals surface area contributed by atoms with Crippen molar-refractivity contribution >= 4 is 33.6 Å². The lowest BCUT2D eigenvalue weighted by Gasteiger charge is -2.20. The Morgan fingerprint density at radius 1 is 1.27 bits per heavy atom. The summed E-state index contributed by atoms with van der Waals surface area (Å²) < 4.78 is 5.20. The molecule has 0 N–H and O–H groups in total. The molecule has 0 saturated heterocycles. The van der Waals surface area contributed by atoms with Gasteiger partial charge in [-0.05, 0) is 0 Å². The Morgan fingerprint density at radius 3 is 2.73 bits per heavy atom. The van der Waals surface area contributed by atoms with Gasteiger partial charge in [0.15, 0.2) is 0 Å². The minimum absolute atomic E-state index is 0.531. The van der Waals surface area contributed by atoms with Crippen molar-refractivity contribution in [3.63, 3.8) is 0 Å². The molecule has 1 aliphatic rings. The lowest BCUT2D eigenvalue weighted by atomic mass is 9.84. The third kappa shape index (κ3) is 1.15. The Balaban J connectivity index is 2.56. The zero-order valence-corrected chi connectivity index (χ0v) is 7.27. The molecule has 0 bridgehead atoms. The summed E-state index contributed by atoms with van der Waals surface area (Å²) in [5.74, 6) is 0. The van der Waals surface area contributed by atoms with E-state index < -0.39 is 5.18 Å². The molecule has 0 atom stereocenters. The van der Waals surface area contributed by atoms with Gasteiger partial charge in [0.25, 0.3) is 0 Å². The van der Waals surface area contributed by atoms with Gasteiger partial charge >= 0.3 is 5.18 Å². The molecule has 0 fully saturated rings. The van der Waals surface area contributed by atoms with Gasteiger partial charge in [0, 0.05) is 6.61 Å². The standard InChI is InChI=1S/C7H6BCl2O/c9-8(10)7-4-2-1-3-6(7)5-11-8/h1-4H,5H2/q-1. The second kappa shape index (κ2) is 2.41. The van der Waals surface area contributed by atoms with Crippen LogP contribution in [0.3, 0.4) is 0 Å². The van der Waals surface area contributed by atoms with Crippen LogP contribution in [0.5, 0.6) is 0 Å². The van der Waals surface area contributed by atoms with Crippen molar-refractivity contribution in [3.05, 3.63) is 29.8 Å². The molecule has 0 aromatic heterocycles. The summed E-state index contributed by atoms with van der Waals surface area (Å²) in [6, 6.07) is 7.74. The molecular formula is C7H6BCl2O-. The summed E-state index contributed by atoms with van der Waals surface area (Å²) in [6.45, 7) is 0.531. The second-order valence-electron chi connectivity index (χ2n) is 2.61. The second-order valence-corrected chi connectivity index (χ2v) is 4.06. The molecule has 11 heavy (non-hydrogen) atoms. The van der Waals surface area contributed by atoms with Crippen molar-refractivity contribution in [2.75, 3.05) is 0 Å². The van der Waals surface area contributed by atoms with Crippen LogP contribution in [0.15, 0.2) is 24.3 Å². The topological polar surface area (TPSA) is 9.23 Å². The molecule has 0 aliphatic carbocycles. The van der Waals surface area contributed by atoms with E-state index in [1.165, 1.54) is 0 Å². The molecule has 1 aliphatic heterocycles. The van der Waals surface area contributed by atoms with Crippen LogP contribution in [0, 0.1) is 0 Å². The van der Waals surface area contributed by atoms with Crippen molar-refractivity contribution < 1.29 is 4.65 Å². The lowest BCUT2D eigenvalue weighted by molar-refractivity contribution is 0.335. The number of hydrogen-bond donors (Lipinski definition) is 0. The van der Waals surface area contributed by atoms with Crippen LogP contribution in [0.1, 0.15) is 5.56 Å². The predicted molar refractivity (Wildman–Crippen MR) is 48.3 cm³/mol. The molecule has 0 saturated carbocycles. The van der Waals surface area contributed by atoms with Gasteiger partial charge < -0.3 is 27.6 Å². The fraction of sp³-hybridized carbons (Fsp3) is 0.143. The van der Waals surface area contributed by atoms with E-state index in [0.29, 0.717) is 6.61 Å². The highest BCUT2D eigenvalue weighted by molar-refractivity contribution is 7.48. The largest absolute Gasteiger partial charge is 0.559 e. The van der Waals surface area contributed by atoms with Crippen LogP contribution in [-0.2, 0) is 11.3 Å². The third-order valence-electron chi connectivity index (χ3n) is 1.87. The SMILES string of the molecule is Cl[B-]1(Cl)OCc2ccccc21. The molecule has 0 amide bonds. The zero-order valence-electron chi connectivity index (χ0n) is 5.76. The van der Waals surface area contributed by atoms with Gasteiger partial charge in [-0.25, -0.2) is 0 Å². The van der Waals surface area contributed by atoms with E-state index in [0.717, 1.165) is 11.0 Å².